The van der Waals surface area contributed by atoms with Crippen molar-refractivity contribution < 1.29 is 4.42 Å². The Hall–Kier alpha value is -4.44. The Morgan fingerprint density at radius 3 is 2.74 bits per heavy atom. The highest BCUT2D eigenvalue weighted by molar-refractivity contribution is 5.81. The van der Waals surface area contributed by atoms with Crippen LogP contribution in [0.2, 0.25) is 0 Å². The minimum absolute atomic E-state index is 0.141. The number of nitrogens with zero attached hydrogens (tertiary/aromatic N) is 5. The lowest BCUT2D eigenvalue weighted by atomic mass is 10.1. The van der Waals surface area contributed by atoms with Crippen LogP contribution in [0.15, 0.2) is 70.7 Å². The third-order valence-corrected chi connectivity index (χ3v) is 7.00. The maximum atomic E-state index is 13.5. The molecule has 6 rings (SSSR count). The summed E-state index contributed by atoms with van der Waals surface area (Å²) in [5.41, 5.74) is 5.24. The van der Waals surface area contributed by atoms with Crippen LogP contribution in [0.5, 0.6) is 0 Å². The number of nitrogens with one attached hydrogen (secondary N) is 3. The number of benzene rings is 1. The third kappa shape index (κ3) is 4.54. The third-order valence-electron chi connectivity index (χ3n) is 7.00. The SMILES string of the molecule is CCn1c(=O)c(-c2ncn(-c3ccoc3)c2C)cc2cnc(Nc3ccc(NC4CCCNC4)cc3)nc21. The summed E-state index contributed by atoms with van der Waals surface area (Å²) >= 11 is 0. The van der Waals surface area contributed by atoms with E-state index in [-0.39, 0.29) is 5.56 Å². The zero-order valence-corrected chi connectivity index (χ0v) is 21.4. The van der Waals surface area contributed by atoms with Crippen LogP contribution >= 0.6 is 0 Å². The van der Waals surface area contributed by atoms with E-state index in [0.29, 0.717) is 35.4 Å². The molecule has 0 bridgehead atoms. The normalized spacial score (nSPS) is 15.6. The van der Waals surface area contributed by atoms with Gasteiger partial charge < -0.3 is 20.4 Å². The number of hydrogen-bond acceptors (Lipinski definition) is 8. The fourth-order valence-corrected chi connectivity index (χ4v) is 5.00. The number of imidazole rings is 1. The largest absolute Gasteiger partial charge is 0.470 e. The second-order valence-corrected chi connectivity index (χ2v) is 9.50. The zero-order chi connectivity index (χ0) is 26.1. The van der Waals surface area contributed by atoms with Crippen LogP contribution in [0, 0.1) is 6.92 Å². The molecule has 0 saturated carbocycles. The lowest BCUT2D eigenvalue weighted by Crippen LogP contribution is -2.38. The summed E-state index contributed by atoms with van der Waals surface area (Å²) in [6.07, 6.45) is 9.06. The van der Waals surface area contributed by atoms with E-state index >= 15 is 0 Å². The Kier molecular flexibility index (Phi) is 6.38. The molecule has 1 fully saturated rings. The molecule has 1 unspecified atom stereocenters. The van der Waals surface area contributed by atoms with Crippen LogP contribution in [-0.4, -0.2) is 43.2 Å². The molecule has 5 heterocycles. The summed E-state index contributed by atoms with van der Waals surface area (Å²) in [5.74, 6) is 0.435. The molecule has 10 heteroatoms. The molecule has 0 radical (unpaired) electrons. The van der Waals surface area contributed by atoms with Crippen molar-refractivity contribution in [1.82, 2.24) is 29.4 Å². The first-order valence-corrected chi connectivity index (χ1v) is 12.9. The molecule has 1 aliphatic heterocycles. The van der Waals surface area contributed by atoms with Crippen molar-refractivity contribution in [2.24, 2.45) is 0 Å². The molecule has 10 nitrogen and oxygen atoms in total. The van der Waals surface area contributed by atoms with Crippen molar-refractivity contribution in [1.29, 1.82) is 0 Å². The van der Waals surface area contributed by atoms with Crippen molar-refractivity contribution in [3.05, 3.63) is 77.5 Å². The van der Waals surface area contributed by atoms with Crippen LogP contribution in [0.25, 0.3) is 28.0 Å². The Morgan fingerprint density at radius 2 is 2.00 bits per heavy atom. The summed E-state index contributed by atoms with van der Waals surface area (Å²) < 4.78 is 8.77. The molecule has 1 aromatic carbocycles. The number of anilines is 3. The number of aromatic nitrogens is 5. The molecule has 5 aromatic rings. The zero-order valence-electron chi connectivity index (χ0n) is 21.4. The number of pyridine rings is 1. The number of fused-ring (bicyclic) bond motifs is 1. The minimum Gasteiger partial charge on any atom is -0.470 e. The topological polar surface area (TPSA) is 115 Å². The van der Waals surface area contributed by atoms with Crippen molar-refractivity contribution >= 4 is 28.4 Å². The lowest BCUT2D eigenvalue weighted by molar-refractivity contribution is 0.480. The van der Waals surface area contributed by atoms with Gasteiger partial charge in [0.25, 0.3) is 5.56 Å². The van der Waals surface area contributed by atoms with Crippen molar-refractivity contribution in [2.75, 3.05) is 23.7 Å². The van der Waals surface area contributed by atoms with Gasteiger partial charge in [0.05, 0.1) is 23.2 Å². The number of piperidine rings is 1. The van der Waals surface area contributed by atoms with E-state index in [2.05, 4.69) is 38.1 Å². The van der Waals surface area contributed by atoms with E-state index < -0.39 is 0 Å². The van der Waals surface area contributed by atoms with E-state index in [1.807, 2.05) is 42.7 Å². The molecule has 0 spiro atoms. The van der Waals surface area contributed by atoms with E-state index in [1.165, 1.54) is 12.8 Å². The van der Waals surface area contributed by atoms with Crippen LogP contribution < -0.4 is 21.5 Å². The maximum absolute atomic E-state index is 13.5. The van der Waals surface area contributed by atoms with Gasteiger partial charge in [-0.25, -0.2) is 9.97 Å². The first-order valence-electron chi connectivity index (χ1n) is 12.9. The van der Waals surface area contributed by atoms with Crippen LogP contribution in [-0.2, 0) is 6.54 Å². The van der Waals surface area contributed by atoms with Crippen LogP contribution in [0.3, 0.4) is 0 Å². The highest BCUT2D eigenvalue weighted by Crippen LogP contribution is 2.25. The summed E-state index contributed by atoms with van der Waals surface area (Å²) in [5, 5.41) is 11.0. The van der Waals surface area contributed by atoms with Crippen LogP contribution in [0.4, 0.5) is 17.3 Å². The lowest BCUT2D eigenvalue weighted by Gasteiger charge is -2.24. The first-order chi connectivity index (χ1) is 18.6. The monoisotopic (exact) mass is 510 g/mol. The molecule has 1 saturated heterocycles. The summed E-state index contributed by atoms with van der Waals surface area (Å²) in [4.78, 5) is 27.3. The quantitative estimate of drug-likeness (QED) is 0.294. The van der Waals surface area contributed by atoms with Gasteiger partial charge in [-0.1, -0.05) is 0 Å². The highest BCUT2D eigenvalue weighted by Gasteiger charge is 2.18. The Labute approximate surface area is 219 Å². The molecule has 3 N–H and O–H groups in total. The molecule has 0 amide bonds. The smallest absolute Gasteiger partial charge is 0.261 e. The van der Waals surface area contributed by atoms with Gasteiger partial charge in [0, 0.05) is 53.8 Å². The van der Waals surface area contributed by atoms with Crippen molar-refractivity contribution in [3.63, 3.8) is 0 Å². The molecule has 0 aliphatic carbocycles. The predicted molar refractivity (Wildman–Crippen MR) is 148 cm³/mol. The molecule has 38 heavy (non-hydrogen) atoms. The predicted octanol–water partition coefficient (Wildman–Crippen LogP) is 4.47. The second-order valence-electron chi connectivity index (χ2n) is 9.50. The summed E-state index contributed by atoms with van der Waals surface area (Å²) in [6, 6.07) is 12.2. The Balaban J connectivity index is 1.28. The first kappa shape index (κ1) is 23.9. The van der Waals surface area contributed by atoms with Gasteiger partial charge >= 0.3 is 0 Å². The van der Waals surface area contributed by atoms with Gasteiger partial charge in [-0.05, 0) is 63.6 Å². The van der Waals surface area contributed by atoms with Crippen molar-refractivity contribution in [2.45, 2.75) is 39.3 Å². The van der Waals surface area contributed by atoms with Gasteiger partial charge in [0.15, 0.2) is 0 Å². The maximum Gasteiger partial charge on any atom is 0.261 e. The second kappa shape index (κ2) is 10.1. The molecular weight excluding hydrogens is 480 g/mol. The number of rotatable bonds is 7. The van der Waals surface area contributed by atoms with Gasteiger partial charge in [-0.2, -0.15) is 4.98 Å². The van der Waals surface area contributed by atoms with E-state index in [1.54, 1.807) is 29.6 Å². The highest BCUT2D eigenvalue weighted by atomic mass is 16.3. The minimum atomic E-state index is -0.141. The summed E-state index contributed by atoms with van der Waals surface area (Å²) in [6.45, 7) is 6.42. The van der Waals surface area contributed by atoms with Crippen molar-refractivity contribution in [3.8, 4) is 16.9 Å². The standard InChI is InChI=1S/C28H30N8O2/c1-3-35-26-19(13-24(27(35)37)25-18(2)36(17-31-25)23-10-12-38-16-23)14-30-28(34-26)33-21-8-6-20(7-9-21)32-22-5-4-11-29-15-22/h6-10,12-14,16-17,22,29,32H,3-5,11,15H2,1-2H3,(H,30,33,34). The average molecular weight is 511 g/mol. The average Bonchev–Trinajstić information content (AvgIpc) is 3.60. The van der Waals surface area contributed by atoms with E-state index in [4.69, 9.17) is 9.40 Å². The number of aryl methyl sites for hydroxylation is 1. The molecule has 1 aliphatic rings. The Bertz CT molecular complexity index is 1610. The molecule has 194 valence electrons. The number of hydrogen-bond donors (Lipinski definition) is 3. The van der Waals surface area contributed by atoms with E-state index in [9.17, 15) is 4.79 Å². The van der Waals surface area contributed by atoms with Gasteiger partial charge in [-0.15, -0.1) is 0 Å². The fraction of sp³-hybridized carbons (Fsp3) is 0.286. The van der Waals surface area contributed by atoms with E-state index in [0.717, 1.165) is 41.2 Å². The Morgan fingerprint density at radius 1 is 1.16 bits per heavy atom. The van der Waals surface area contributed by atoms with Crippen LogP contribution in [0.1, 0.15) is 25.5 Å². The van der Waals surface area contributed by atoms with Gasteiger partial charge in [0.2, 0.25) is 5.95 Å². The molecule has 1 atom stereocenters. The van der Waals surface area contributed by atoms with Gasteiger partial charge in [0.1, 0.15) is 18.2 Å². The fourth-order valence-electron chi connectivity index (χ4n) is 5.00. The number of furan rings is 1. The molecule has 4 aromatic heterocycles. The van der Waals surface area contributed by atoms with Gasteiger partial charge in [-0.3, -0.25) is 13.9 Å². The molecular formula is C28H30N8O2. The summed E-state index contributed by atoms with van der Waals surface area (Å²) in [7, 11) is 0.